The Morgan fingerprint density at radius 1 is 0.774 bits per heavy atom. The first-order chi connectivity index (χ1) is 14.8. The summed E-state index contributed by atoms with van der Waals surface area (Å²) in [5.41, 5.74) is 4.54. The second-order valence-electron chi connectivity index (χ2n) is 8.59. The molecule has 154 valence electrons. The highest BCUT2D eigenvalue weighted by atomic mass is 32.2. The molecule has 0 amide bonds. The minimum Gasteiger partial charge on any atom is -0.256 e. The molecule has 3 nitrogen and oxygen atoms in total. The van der Waals surface area contributed by atoms with Crippen molar-refractivity contribution in [3.05, 3.63) is 90.6 Å². The Labute approximate surface area is 184 Å². The third-order valence-electron chi connectivity index (χ3n) is 6.31. The van der Waals surface area contributed by atoms with Crippen LogP contribution in [0.3, 0.4) is 0 Å². The van der Waals surface area contributed by atoms with E-state index in [2.05, 4.69) is 50.3 Å². The molecule has 3 aromatic carbocycles. The lowest BCUT2D eigenvalue weighted by molar-refractivity contribution is 0.598. The molecular formula is C26H23NO2SSi. The molecule has 5 rings (SSSR count). The minimum absolute atomic E-state index is 0.378. The minimum atomic E-state index is -3.44. The Kier molecular flexibility index (Phi) is 4.50. The van der Waals surface area contributed by atoms with E-state index in [4.69, 9.17) is 4.98 Å². The summed E-state index contributed by atoms with van der Waals surface area (Å²) in [4.78, 5) is 5.57. The monoisotopic (exact) mass is 441 g/mol. The predicted molar refractivity (Wildman–Crippen MR) is 128 cm³/mol. The highest BCUT2D eigenvalue weighted by Crippen LogP contribution is 2.44. The van der Waals surface area contributed by atoms with Gasteiger partial charge in [-0.15, -0.1) is 0 Å². The molecule has 1 aromatic heterocycles. The van der Waals surface area contributed by atoms with Gasteiger partial charge in [-0.1, -0.05) is 72.9 Å². The van der Waals surface area contributed by atoms with Gasteiger partial charge in [0.1, 0.15) is 8.07 Å². The molecular weight excluding hydrogens is 418 g/mol. The number of aryl methyl sites for hydroxylation is 1. The van der Waals surface area contributed by atoms with Gasteiger partial charge >= 0.3 is 0 Å². The Morgan fingerprint density at radius 3 is 2.19 bits per heavy atom. The average molecular weight is 442 g/mol. The molecule has 0 saturated carbocycles. The highest BCUT2D eigenvalue weighted by Gasteiger charge is 2.33. The average Bonchev–Trinajstić information content (AvgIpc) is 3.01. The Balaban J connectivity index is 1.59. The Hall–Kier alpha value is -3.02. The van der Waals surface area contributed by atoms with E-state index in [1.807, 2.05) is 36.5 Å². The van der Waals surface area contributed by atoms with Crippen molar-refractivity contribution in [3.63, 3.8) is 0 Å². The van der Waals surface area contributed by atoms with Crippen molar-refractivity contribution < 1.29 is 8.42 Å². The molecule has 0 bridgehead atoms. The summed E-state index contributed by atoms with van der Waals surface area (Å²) >= 11 is 0. The van der Waals surface area contributed by atoms with Crippen LogP contribution >= 0.6 is 0 Å². The lowest BCUT2D eigenvalue weighted by Gasteiger charge is -2.25. The number of nitrogens with zero attached hydrogens (tertiary/aromatic N) is 1. The summed E-state index contributed by atoms with van der Waals surface area (Å²) in [5.74, 6) is 0. The summed E-state index contributed by atoms with van der Waals surface area (Å²) in [6.45, 7) is 6.84. The maximum Gasteiger partial charge on any atom is 0.207 e. The van der Waals surface area contributed by atoms with E-state index < -0.39 is 17.9 Å². The number of fused-ring (bicyclic) bond motifs is 3. The van der Waals surface area contributed by atoms with Crippen LogP contribution in [0.1, 0.15) is 5.56 Å². The van der Waals surface area contributed by atoms with Crippen LogP contribution in [0.25, 0.3) is 22.4 Å². The van der Waals surface area contributed by atoms with E-state index in [-0.39, 0.29) is 0 Å². The SMILES string of the molecule is Cc1cc(-c2ccc3c(c2)-c2ccccc2S3(=O)=O)ncc1[Si](C)(C)c1ccccc1. The highest BCUT2D eigenvalue weighted by molar-refractivity contribution is 7.92. The molecule has 0 aliphatic carbocycles. The summed E-state index contributed by atoms with van der Waals surface area (Å²) < 4.78 is 25.7. The predicted octanol–water partition coefficient (Wildman–Crippen LogP) is 4.69. The van der Waals surface area contributed by atoms with Gasteiger partial charge in [0, 0.05) is 22.9 Å². The zero-order valence-corrected chi connectivity index (χ0v) is 19.6. The first-order valence-electron chi connectivity index (χ1n) is 10.3. The third-order valence-corrected chi connectivity index (χ3v) is 11.8. The normalized spacial score (nSPS) is 14.2. The van der Waals surface area contributed by atoms with Crippen molar-refractivity contribution >= 4 is 28.3 Å². The molecule has 0 atom stereocenters. The van der Waals surface area contributed by atoms with Crippen LogP contribution in [-0.2, 0) is 9.84 Å². The van der Waals surface area contributed by atoms with Crippen molar-refractivity contribution in [3.8, 4) is 22.4 Å². The molecule has 0 fully saturated rings. The Bertz CT molecular complexity index is 1430. The third kappa shape index (κ3) is 3.08. The maximum absolute atomic E-state index is 12.9. The number of sulfone groups is 1. The first-order valence-corrected chi connectivity index (χ1v) is 14.8. The van der Waals surface area contributed by atoms with Crippen LogP contribution in [0.15, 0.2) is 94.9 Å². The largest absolute Gasteiger partial charge is 0.256 e. The summed E-state index contributed by atoms with van der Waals surface area (Å²) in [6, 6.07) is 25.5. The number of rotatable bonds is 3. The number of pyridine rings is 1. The topological polar surface area (TPSA) is 47.0 Å². The second-order valence-corrected chi connectivity index (χ2v) is 14.8. The van der Waals surface area contributed by atoms with Gasteiger partial charge in [0.05, 0.1) is 15.5 Å². The fourth-order valence-electron chi connectivity index (χ4n) is 4.55. The summed E-state index contributed by atoms with van der Waals surface area (Å²) in [7, 11) is -5.29. The van der Waals surface area contributed by atoms with Gasteiger partial charge in [-0.05, 0) is 41.9 Å². The van der Waals surface area contributed by atoms with Crippen LogP contribution < -0.4 is 10.4 Å². The standard InChI is InChI=1S/C26H23NO2SSi/c1-18-15-23(27-17-26(18)31(2,3)20-9-5-4-6-10-20)19-13-14-25-22(16-19)21-11-7-8-12-24(21)30(25,28)29/h4-17H,1-3H3. The van der Waals surface area contributed by atoms with Gasteiger partial charge in [0.2, 0.25) is 9.84 Å². The van der Waals surface area contributed by atoms with Crippen molar-refractivity contribution in [1.29, 1.82) is 0 Å². The number of hydrogen-bond donors (Lipinski definition) is 0. The maximum atomic E-state index is 12.9. The van der Waals surface area contributed by atoms with Gasteiger partial charge in [-0.3, -0.25) is 4.98 Å². The molecule has 0 radical (unpaired) electrons. The van der Waals surface area contributed by atoms with Crippen LogP contribution in [0, 0.1) is 6.92 Å². The molecule has 0 spiro atoms. The van der Waals surface area contributed by atoms with E-state index in [0.717, 1.165) is 22.4 Å². The van der Waals surface area contributed by atoms with Crippen LogP contribution in [0.5, 0.6) is 0 Å². The molecule has 4 aromatic rings. The zero-order chi connectivity index (χ0) is 21.8. The van der Waals surface area contributed by atoms with Crippen molar-refractivity contribution in [2.45, 2.75) is 29.8 Å². The van der Waals surface area contributed by atoms with E-state index in [0.29, 0.717) is 9.79 Å². The second kappa shape index (κ2) is 7.01. The molecule has 0 N–H and O–H groups in total. The molecule has 31 heavy (non-hydrogen) atoms. The lowest BCUT2D eigenvalue weighted by atomic mass is 10.0. The smallest absolute Gasteiger partial charge is 0.207 e. The van der Waals surface area contributed by atoms with E-state index >= 15 is 0 Å². The first kappa shape index (κ1) is 19.9. The van der Waals surface area contributed by atoms with E-state index in [9.17, 15) is 8.42 Å². The van der Waals surface area contributed by atoms with E-state index in [1.54, 1.807) is 18.2 Å². The number of hydrogen-bond acceptors (Lipinski definition) is 3. The molecule has 1 aliphatic rings. The van der Waals surface area contributed by atoms with Gasteiger partial charge in [-0.25, -0.2) is 8.42 Å². The van der Waals surface area contributed by atoms with Crippen LogP contribution in [0.4, 0.5) is 0 Å². The number of aromatic nitrogens is 1. The quantitative estimate of drug-likeness (QED) is 0.382. The zero-order valence-electron chi connectivity index (χ0n) is 17.8. The van der Waals surface area contributed by atoms with E-state index in [1.165, 1.54) is 15.9 Å². The molecule has 2 heterocycles. The molecule has 0 saturated heterocycles. The van der Waals surface area contributed by atoms with Gasteiger partial charge in [0.15, 0.2) is 0 Å². The molecule has 5 heteroatoms. The van der Waals surface area contributed by atoms with Crippen molar-refractivity contribution in [2.75, 3.05) is 0 Å². The fourth-order valence-corrected chi connectivity index (χ4v) is 9.00. The molecule has 0 unspecified atom stereocenters. The van der Waals surface area contributed by atoms with Crippen molar-refractivity contribution in [2.24, 2.45) is 0 Å². The lowest BCUT2D eigenvalue weighted by Crippen LogP contribution is -2.54. The van der Waals surface area contributed by atoms with Gasteiger partial charge in [0.25, 0.3) is 0 Å². The number of benzene rings is 3. The van der Waals surface area contributed by atoms with Crippen molar-refractivity contribution in [1.82, 2.24) is 4.98 Å². The van der Waals surface area contributed by atoms with Crippen LogP contribution in [0.2, 0.25) is 13.1 Å². The van der Waals surface area contributed by atoms with Gasteiger partial charge < -0.3 is 0 Å². The molecule has 1 aliphatic heterocycles. The summed E-state index contributed by atoms with van der Waals surface area (Å²) in [5, 5.41) is 2.70. The fraction of sp³-hybridized carbons (Fsp3) is 0.115. The van der Waals surface area contributed by atoms with Crippen LogP contribution in [-0.4, -0.2) is 21.5 Å². The Morgan fingerprint density at radius 2 is 1.45 bits per heavy atom. The summed E-state index contributed by atoms with van der Waals surface area (Å²) in [6.07, 6.45) is 2.02. The van der Waals surface area contributed by atoms with Gasteiger partial charge in [-0.2, -0.15) is 0 Å².